The van der Waals surface area contributed by atoms with Gasteiger partial charge in [0.1, 0.15) is 0 Å². The zero-order valence-electron chi connectivity index (χ0n) is 15.2. The quantitative estimate of drug-likeness (QED) is 0.430. The number of hydrogen-bond donors (Lipinski definition) is 1. The number of fused-ring (bicyclic) bond motifs is 3. The topological polar surface area (TPSA) is 26.0 Å². The highest BCUT2D eigenvalue weighted by Crippen LogP contribution is 2.39. The Balaban J connectivity index is 1.66. The molecule has 132 valence electrons. The second-order valence-electron chi connectivity index (χ2n) is 7.26. The zero-order valence-corrected chi connectivity index (χ0v) is 16.0. The first-order valence-electron chi connectivity index (χ1n) is 9.37. The minimum atomic E-state index is 0.0233. The molecule has 0 spiro atoms. The Morgan fingerprint density at radius 1 is 0.778 bits per heavy atom. The summed E-state index contributed by atoms with van der Waals surface area (Å²) in [5, 5.41) is 2.68. The molecule has 2 atom stereocenters. The summed E-state index contributed by atoms with van der Waals surface area (Å²) in [4.78, 5) is 0. The highest BCUT2D eigenvalue weighted by Gasteiger charge is 2.23. The largest absolute Gasteiger partial charge is 0.324 e. The Kier molecular flexibility index (Phi) is 3.96. The van der Waals surface area contributed by atoms with Crippen molar-refractivity contribution in [1.82, 2.24) is 0 Å². The van der Waals surface area contributed by atoms with Gasteiger partial charge in [-0.05, 0) is 40.5 Å². The van der Waals surface area contributed by atoms with Crippen LogP contribution < -0.4 is 5.73 Å². The Morgan fingerprint density at radius 2 is 1.52 bits per heavy atom. The van der Waals surface area contributed by atoms with Gasteiger partial charge < -0.3 is 5.73 Å². The lowest BCUT2D eigenvalue weighted by molar-refractivity contribution is 0.644. The van der Waals surface area contributed by atoms with E-state index in [0.29, 0.717) is 5.92 Å². The molecule has 0 fully saturated rings. The predicted octanol–water partition coefficient (Wildman–Crippen LogP) is 6.50. The highest BCUT2D eigenvalue weighted by molar-refractivity contribution is 7.25. The molecule has 0 saturated carbocycles. The van der Waals surface area contributed by atoms with Gasteiger partial charge in [0.15, 0.2) is 0 Å². The van der Waals surface area contributed by atoms with Crippen LogP contribution in [0.15, 0.2) is 84.9 Å². The minimum Gasteiger partial charge on any atom is -0.324 e. The van der Waals surface area contributed by atoms with E-state index < -0.39 is 0 Å². The summed E-state index contributed by atoms with van der Waals surface area (Å²) in [7, 11) is 0. The number of nitrogens with two attached hydrogens (primary N) is 1. The van der Waals surface area contributed by atoms with E-state index in [1.807, 2.05) is 11.3 Å². The van der Waals surface area contributed by atoms with Crippen LogP contribution in [0, 0.1) is 5.92 Å². The molecule has 1 aliphatic rings. The summed E-state index contributed by atoms with van der Waals surface area (Å²) in [6, 6.07) is 26.0. The second kappa shape index (κ2) is 6.49. The standard InChI is InChI=1S/C25H21NS/c1-16-21(14-19(15-23(16)26)17-7-3-2-4-8-17)18-11-12-25-22(13-18)20-9-5-6-10-24(20)27-25/h2-16,23H,26H2,1H3. The Hall–Kier alpha value is -2.68. The van der Waals surface area contributed by atoms with Gasteiger partial charge in [0.2, 0.25) is 0 Å². The molecule has 1 aromatic heterocycles. The molecular formula is C25H21NS. The highest BCUT2D eigenvalue weighted by atomic mass is 32.1. The van der Waals surface area contributed by atoms with Crippen LogP contribution in [-0.2, 0) is 0 Å². The van der Waals surface area contributed by atoms with Crippen LogP contribution in [0.3, 0.4) is 0 Å². The first kappa shape index (κ1) is 16.5. The molecule has 0 amide bonds. The third-order valence-electron chi connectivity index (χ3n) is 5.57. The van der Waals surface area contributed by atoms with Gasteiger partial charge in [0.25, 0.3) is 0 Å². The Morgan fingerprint density at radius 3 is 2.37 bits per heavy atom. The van der Waals surface area contributed by atoms with Crippen molar-refractivity contribution in [2.24, 2.45) is 11.7 Å². The smallest absolute Gasteiger partial charge is 0.0355 e. The summed E-state index contributed by atoms with van der Waals surface area (Å²) in [5.74, 6) is 0.291. The van der Waals surface area contributed by atoms with Crippen LogP contribution in [0.4, 0.5) is 0 Å². The Bertz CT molecular complexity index is 1200. The summed E-state index contributed by atoms with van der Waals surface area (Å²) in [5.41, 5.74) is 11.5. The summed E-state index contributed by atoms with van der Waals surface area (Å²) in [6.07, 6.45) is 4.51. The fourth-order valence-corrected chi connectivity index (χ4v) is 5.05. The van der Waals surface area contributed by atoms with Gasteiger partial charge in [-0.1, -0.05) is 73.7 Å². The van der Waals surface area contributed by atoms with Gasteiger partial charge in [-0.25, -0.2) is 0 Å². The average Bonchev–Trinajstić information content (AvgIpc) is 3.08. The molecule has 1 aliphatic carbocycles. The molecule has 2 unspecified atom stereocenters. The first-order valence-corrected chi connectivity index (χ1v) is 10.2. The first-order chi connectivity index (χ1) is 13.2. The van der Waals surface area contributed by atoms with Crippen LogP contribution in [-0.4, -0.2) is 6.04 Å². The van der Waals surface area contributed by atoms with E-state index in [9.17, 15) is 0 Å². The molecule has 0 bridgehead atoms. The van der Waals surface area contributed by atoms with Gasteiger partial charge in [-0.3, -0.25) is 0 Å². The normalized spacial score (nSPS) is 19.9. The lowest BCUT2D eigenvalue weighted by Gasteiger charge is -2.27. The van der Waals surface area contributed by atoms with Gasteiger partial charge in [0.05, 0.1) is 0 Å². The molecule has 4 aromatic rings. The van der Waals surface area contributed by atoms with Crippen LogP contribution in [0.2, 0.25) is 0 Å². The molecule has 0 saturated heterocycles. The summed E-state index contributed by atoms with van der Waals surface area (Å²) >= 11 is 1.86. The number of benzene rings is 3. The van der Waals surface area contributed by atoms with E-state index in [-0.39, 0.29) is 6.04 Å². The maximum absolute atomic E-state index is 6.50. The van der Waals surface area contributed by atoms with E-state index in [1.165, 1.54) is 42.4 Å². The summed E-state index contributed by atoms with van der Waals surface area (Å²) in [6.45, 7) is 2.23. The maximum atomic E-state index is 6.50. The Labute approximate surface area is 163 Å². The van der Waals surface area contributed by atoms with Gasteiger partial charge in [0, 0.05) is 32.1 Å². The molecule has 0 radical (unpaired) electrons. The maximum Gasteiger partial charge on any atom is 0.0355 e. The molecule has 1 heterocycles. The van der Waals surface area contributed by atoms with E-state index in [0.717, 1.165) is 0 Å². The molecule has 2 N–H and O–H groups in total. The van der Waals surface area contributed by atoms with Gasteiger partial charge in [-0.2, -0.15) is 0 Å². The monoisotopic (exact) mass is 367 g/mol. The van der Waals surface area contributed by atoms with Crippen molar-refractivity contribution < 1.29 is 0 Å². The molecule has 27 heavy (non-hydrogen) atoms. The molecule has 2 heteroatoms. The predicted molar refractivity (Wildman–Crippen MR) is 119 cm³/mol. The number of allylic oxidation sites excluding steroid dienone is 2. The SMILES string of the molecule is CC1C(c2ccc3sc4ccccc4c3c2)=CC(c2ccccc2)=CC1N. The molecule has 5 rings (SSSR count). The third-order valence-corrected chi connectivity index (χ3v) is 6.72. The second-order valence-corrected chi connectivity index (χ2v) is 8.35. The van der Waals surface area contributed by atoms with Crippen molar-refractivity contribution in [3.05, 3.63) is 96.1 Å². The van der Waals surface area contributed by atoms with Gasteiger partial charge >= 0.3 is 0 Å². The van der Waals surface area contributed by atoms with Crippen molar-refractivity contribution in [3.63, 3.8) is 0 Å². The van der Waals surface area contributed by atoms with Gasteiger partial charge in [-0.15, -0.1) is 11.3 Å². The van der Waals surface area contributed by atoms with Crippen molar-refractivity contribution in [2.75, 3.05) is 0 Å². The fraction of sp³-hybridized carbons (Fsp3) is 0.120. The zero-order chi connectivity index (χ0) is 18.4. The third kappa shape index (κ3) is 2.82. The van der Waals surface area contributed by atoms with Crippen molar-refractivity contribution >= 4 is 42.7 Å². The molecule has 3 aromatic carbocycles. The lowest BCUT2D eigenvalue weighted by Crippen LogP contribution is -2.29. The van der Waals surface area contributed by atoms with Crippen LogP contribution in [0.1, 0.15) is 18.1 Å². The number of rotatable bonds is 2. The fourth-order valence-electron chi connectivity index (χ4n) is 3.97. The van der Waals surface area contributed by atoms with E-state index in [4.69, 9.17) is 5.73 Å². The molecular weight excluding hydrogens is 346 g/mol. The number of thiophene rings is 1. The average molecular weight is 368 g/mol. The van der Waals surface area contributed by atoms with E-state index >= 15 is 0 Å². The van der Waals surface area contributed by atoms with Crippen LogP contribution in [0.25, 0.3) is 31.3 Å². The molecule has 0 aliphatic heterocycles. The molecule has 1 nitrogen and oxygen atoms in total. The summed E-state index contributed by atoms with van der Waals surface area (Å²) < 4.78 is 2.68. The van der Waals surface area contributed by atoms with E-state index in [1.54, 1.807) is 0 Å². The van der Waals surface area contributed by atoms with Crippen LogP contribution >= 0.6 is 11.3 Å². The van der Waals surface area contributed by atoms with E-state index in [2.05, 4.69) is 91.9 Å². The minimum absolute atomic E-state index is 0.0233. The van der Waals surface area contributed by atoms with Crippen molar-refractivity contribution in [2.45, 2.75) is 13.0 Å². The van der Waals surface area contributed by atoms with Crippen LogP contribution in [0.5, 0.6) is 0 Å². The van der Waals surface area contributed by atoms with Crippen molar-refractivity contribution in [3.8, 4) is 0 Å². The lowest BCUT2D eigenvalue weighted by atomic mass is 9.81. The van der Waals surface area contributed by atoms with Crippen molar-refractivity contribution in [1.29, 1.82) is 0 Å². The number of hydrogen-bond acceptors (Lipinski definition) is 2.